The minimum Gasteiger partial charge on any atom is -0.481 e. The van der Waals surface area contributed by atoms with Crippen LogP contribution in [0.3, 0.4) is 0 Å². The molecule has 2 fully saturated rings. The van der Waals surface area contributed by atoms with E-state index in [4.69, 9.17) is 5.11 Å². The van der Waals surface area contributed by atoms with Crippen LogP contribution < -0.4 is 5.32 Å². The van der Waals surface area contributed by atoms with Crippen LogP contribution in [0.2, 0.25) is 0 Å². The summed E-state index contributed by atoms with van der Waals surface area (Å²) in [6.07, 6.45) is 2.61. The minimum atomic E-state index is -0.796. The van der Waals surface area contributed by atoms with Crippen molar-refractivity contribution in [2.24, 2.45) is 17.3 Å². The predicted molar refractivity (Wildman–Crippen MR) is 67.2 cm³/mol. The molecule has 18 heavy (non-hydrogen) atoms. The Morgan fingerprint density at radius 1 is 1.44 bits per heavy atom. The largest absolute Gasteiger partial charge is 0.481 e. The molecule has 1 aliphatic heterocycles. The Morgan fingerprint density at radius 2 is 2.11 bits per heavy atom. The van der Waals surface area contributed by atoms with Gasteiger partial charge in [0.15, 0.2) is 0 Å². The molecule has 2 atom stereocenters. The summed E-state index contributed by atoms with van der Waals surface area (Å²) in [6, 6.07) is -0.108. The van der Waals surface area contributed by atoms with Gasteiger partial charge in [0.05, 0.1) is 5.92 Å². The van der Waals surface area contributed by atoms with E-state index < -0.39 is 11.9 Å². The summed E-state index contributed by atoms with van der Waals surface area (Å²) in [5.41, 5.74) is 0.360. The molecule has 2 rings (SSSR count). The number of carboxylic acid groups (broad SMARTS) is 1. The van der Waals surface area contributed by atoms with Crippen molar-refractivity contribution in [1.82, 2.24) is 10.2 Å². The molecular weight excluding hydrogens is 232 g/mol. The average molecular weight is 254 g/mol. The molecule has 102 valence electrons. The smallest absolute Gasteiger partial charge is 0.317 e. The lowest BCUT2D eigenvalue weighted by atomic mass is 9.99. The van der Waals surface area contributed by atoms with E-state index in [0.29, 0.717) is 37.4 Å². The fourth-order valence-electron chi connectivity index (χ4n) is 2.61. The Morgan fingerprint density at radius 3 is 2.67 bits per heavy atom. The van der Waals surface area contributed by atoms with E-state index in [9.17, 15) is 9.59 Å². The molecule has 0 spiro atoms. The van der Waals surface area contributed by atoms with Crippen LogP contribution in [0.4, 0.5) is 4.79 Å². The molecule has 5 heteroatoms. The molecule has 2 amide bonds. The number of hydrogen-bond acceptors (Lipinski definition) is 2. The number of nitrogens with zero attached hydrogens (tertiary/aromatic N) is 1. The van der Waals surface area contributed by atoms with Crippen LogP contribution in [0.25, 0.3) is 0 Å². The lowest BCUT2D eigenvalue weighted by Crippen LogP contribution is -2.47. The second-order valence-electron chi connectivity index (χ2n) is 6.20. The minimum absolute atomic E-state index is 0.108. The van der Waals surface area contributed by atoms with E-state index in [1.165, 1.54) is 0 Å². The molecule has 2 unspecified atom stereocenters. The molecule has 1 saturated carbocycles. The number of hydrogen-bond donors (Lipinski definition) is 2. The van der Waals surface area contributed by atoms with Gasteiger partial charge in [-0.25, -0.2) is 4.79 Å². The lowest BCUT2D eigenvalue weighted by molar-refractivity contribution is -0.143. The summed E-state index contributed by atoms with van der Waals surface area (Å²) in [6.45, 7) is 6.12. The van der Waals surface area contributed by atoms with E-state index in [1.807, 2.05) is 0 Å². The molecule has 5 nitrogen and oxygen atoms in total. The van der Waals surface area contributed by atoms with Gasteiger partial charge in [0.2, 0.25) is 0 Å². The summed E-state index contributed by atoms with van der Waals surface area (Å²) in [7, 11) is 0. The standard InChI is InChI=1S/C13H22N2O3/c1-13(2)6-10(13)7-14-12(18)15-5-3-4-9(8-15)11(16)17/h9-10H,3-8H2,1-2H3,(H,14,18)(H,16,17). The topological polar surface area (TPSA) is 69.6 Å². The molecule has 0 aromatic rings. The van der Waals surface area contributed by atoms with Crippen LogP contribution in [0.15, 0.2) is 0 Å². The number of aliphatic carboxylic acids is 1. The number of likely N-dealkylation sites (tertiary alicyclic amines) is 1. The van der Waals surface area contributed by atoms with Crippen molar-refractivity contribution in [3.8, 4) is 0 Å². The van der Waals surface area contributed by atoms with E-state index >= 15 is 0 Å². The summed E-state index contributed by atoms with van der Waals surface area (Å²) in [5.74, 6) is -0.626. The number of carboxylic acids is 1. The number of carbonyl (C=O) groups excluding carboxylic acids is 1. The van der Waals surface area contributed by atoms with Crippen molar-refractivity contribution < 1.29 is 14.7 Å². The van der Waals surface area contributed by atoms with Gasteiger partial charge in [-0.3, -0.25) is 4.79 Å². The fraction of sp³-hybridized carbons (Fsp3) is 0.846. The number of amides is 2. The Balaban J connectivity index is 1.76. The Kier molecular flexibility index (Phi) is 3.50. The number of rotatable bonds is 3. The summed E-state index contributed by atoms with van der Waals surface area (Å²) >= 11 is 0. The van der Waals surface area contributed by atoms with Gasteiger partial charge in [-0.15, -0.1) is 0 Å². The lowest BCUT2D eigenvalue weighted by Gasteiger charge is -2.30. The zero-order valence-electron chi connectivity index (χ0n) is 11.1. The maximum atomic E-state index is 11.9. The SMILES string of the molecule is CC1(C)CC1CNC(=O)N1CCCC(C(=O)O)C1. The average Bonchev–Trinajstić information content (AvgIpc) is 2.94. The first-order chi connectivity index (χ1) is 8.40. The van der Waals surface area contributed by atoms with Crippen LogP contribution in [0.5, 0.6) is 0 Å². The van der Waals surface area contributed by atoms with Crippen molar-refractivity contribution in [1.29, 1.82) is 0 Å². The maximum absolute atomic E-state index is 11.9. The second-order valence-corrected chi connectivity index (χ2v) is 6.20. The van der Waals surface area contributed by atoms with Gasteiger partial charge in [0.1, 0.15) is 0 Å². The molecule has 0 radical (unpaired) electrons. The van der Waals surface area contributed by atoms with Crippen molar-refractivity contribution in [2.45, 2.75) is 33.1 Å². The molecular formula is C13H22N2O3. The number of nitrogens with one attached hydrogen (secondary N) is 1. The second kappa shape index (κ2) is 4.78. The molecule has 1 aliphatic carbocycles. The zero-order valence-corrected chi connectivity index (χ0v) is 11.1. The van der Waals surface area contributed by atoms with Crippen molar-refractivity contribution in [2.75, 3.05) is 19.6 Å². The highest BCUT2D eigenvalue weighted by atomic mass is 16.4. The van der Waals surface area contributed by atoms with Crippen LogP contribution >= 0.6 is 0 Å². The fourth-order valence-corrected chi connectivity index (χ4v) is 2.61. The van der Waals surface area contributed by atoms with E-state index in [1.54, 1.807) is 4.90 Å². The van der Waals surface area contributed by atoms with E-state index in [-0.39, 0.29) is 6.03 Å². The first kappa shape index (κ1) is 13.2. The summed E-state index contributed by atoms with van der Waals surface area (Å²) < 4.78 is 0. The highest BCUT2D eigenvalue weighted by Crippen LogP contribution is 2.50. The third-order valence-electron chi connectivity index (χ3n) is 4.28. The Labute approximate surface area is 108 Å². The van der Waals surface area contributed by atoms with Crippen molar-refractivity contribution in [3.05, 3.63) is 0 Å². The van der Waals surface area contributed by atoms with Gasteiger partial charge in [-0.1, -0.05) is 13.8 Å². The zero-order chi connectivity index (χ0) is 13.3. The van der Waals surface area contributed by atoms with Crippen molar-refractivity contribution in [3.63, 3.8) is 0 Å². The maximum Gasteiger partial charge on any atom is 0.317 e. The quantitative estimate of drug-likeness (QED) is 0.802. The highest BCUT2D eigenvalue weighted by molar-refractivity contribution is 5.76. The first-order valence-electron chi connectivity index (χ1n) is 6.66. The summed E-state index contributed by atoms with van der Waals surface area (Å²) in [5, 5.41) is 11.9. The normalized spacial score (nSPS) is 29.8. The van der Waals surface area contributed by atoms with Gasteiger partial charge >= 0.3 is 12.0 Å². The highest BCUT2D eigenvalue weighted by Gasteiger charge is 2.45. The number of carbonyl (C=O) groups is 2. The van der Waals surface area contributed by atoms with Crippen LogP contribution in [-0.2, 0) is 4.79 Å². The number of piperidine rings is 1. The molecule has 2 aliphatic rings. The molecule has 1 heterocycles. The van der Waals surface area contributed by atoms with E-state index in [0.717, 1.165) is 12.8 Å². The van der Waals surface area contributed by atoms with Crippen LogP contribution in [-0.4, -0.2) is 41.6 Å². The third-order valence-corrected chi connectivity index (χ3v) is 4.28. The van der Waals surface area contributed by atoms with Crippen LogP contribution in [0, 0.1) is 17.3 Å². The molecule has 0 aromatic heterocycles. The van der Waals surface area contributed by atoms with Gasteiger partial charge in [0.25, 0.3) is 0 Å². The van der Waals surface area contributed by atoms with Crippen LogP contribution in [0.1, 0.15) is 33.1 Å². The number of urea groups is 1. The van der Waals surface area contributed by atoms with Crippen molar-refractivity contribution >= 4 is 12.0 Å². The summed E-state index contributed by atoms with van der Waals surface area (Å²) in [4.78, 5) is 24.5. The third kappa shape index (κ3) is 2.94. The Hall–Kier alpha value is -1.26. The first-order valence-corrected chi connectivity index (χ1v) is 6.66. The molecule has 1 saturated heterocycles. The monoisotopic (exact) mass is 254 g/mol. The molecule has 0 aromatic carbocycles. The van der Waals surface area contributed by atoms with Gasteiger partial charge in [-0.2, -0.15) is 0 Å². The van der Waals surface area contributed by atoms with Gasteiger partial charge in [0, 0.05) is 19.6 Å². The Bertz CT molecular complexity index is 354. The predicted octanol–water partition coefficient (Wildman–Crippen LogP) is 1.54. The van der Waals surface area contributed by atoms with E-state index in [2.05, 4.69) is 19.2 Å². The molecule has 0 bridgehead atoms. The van der Waals surface area contributed by atoms with Gasteiger partial charge in [-0.05, 0) is 30.6 Å². The van der Waals surface area contributed by atoms with Gasteiger partial charge < -0.3 is 15.3 Å². The molecule has 2 N–H and O–H groups in total.